The fourth-order valence-corrected chi connectivity index (χ4v) is 10.9. The van der Waals surface area contributed by atoms with Gasteiger partial charge in [-0.3, -0.25) is 19.2 Å². The van der Waals surface area contributed by atoms with Gasteiger partial charge in [-0.05, 0) is 56.9 Å². The van der Waals surface area contributed by atoms with Crippen LogP contribution in [0, 0.1) is 35.0 Å². The van der Waals surface area contributed by atoms with Gasteiger partial charge >= 0.3 is 29.8 Å². The molecule has 13 nitrogen and oxygen atoms in total. The summed E-state index contributed by atoms with van der Waals surface area (Å²) in [6, 6.07) is 16.3. The van der Waals surface area contributed by atoms with Crippen molar-refractivity contribution in [3.05, 3.63) is 71.8 Å². The maximum Gasteiger partial charge on any atom is 0.338 e. The number of Topliss-reactive ketones (excluding diaryl/α,β-unsaturated/α-hetero) is 1. The van der Waals surface area contributed by atoms with Crippen molar-refractivity contribution in [1.82, 2.24) is 0 Å². The Hall–Kier alpha value is -4.62. The molecule has 13 heteroatoms. The summed E-state index contributed by atoms with van der Waals surface area (Å²) in [5.74, 6) is -8.59. The first-order valence-electron chi connectivity index (χ1n) is 18.5. The minimum absolute atomic E-state index is 0.00540. The van der Waals surface area contributed by atoms with Crippen molar-refractivity contribution in [2.45, 2.75) is 102 Å². The van der Waals surface area contributed by atoms with Crippen LogP contribution in [0.2, 0.25) is 0 Å². The molecule has 0 aromatic heterocycles. The average molecular weight is 747 g/mol. The third-order valence-electron chi connectivity index (χ3n) is 12.7. The standard InChI is InChI=1S/C41H46O13/c1-7-27(44)51-30-21(2)18-41(48)29(30)34(50-22(3)42)40-20-49-39(6,37(41)53-36(47)25-16-12-9-13-17-25)32(40)28-26(19-38(28,5)54-23(4)43)31(33(40)45)52-35(46)24-14-10-8-11-15-24/h8-17,21,26,28-32,34,37,48H,7,18-20H2,1-6H3. The van der Waals surface area contributed by atoms with E-state index >= 15 is 4.79 Å². The van der Waals surface area contributed by atoms with Crippen molar-refractivity contribution in [2.75, 3.05) is 6.61 Å². The van der Waals surface area contributed by atoms with Gasteiger partial charge in [-0.2, -0.15) is 0 Å². The van der Waals surface area contributed by atoms with Gasteiger partial charge in [0.2, 0.25) is 0 Å². The second kappa shape index (κ2) is 13.3. The third-order valence-corrected chi connectivity index (χ3v) is 12.7. The number of esters is 5. The molecule has 4 aliphatic carbocycles. The summed E-state index contributed by atoms with van der Waals surface area (Å²) in [5, 5.41) is 13.3. The molecule has 1 heterocycles. The summed E-state index contributed by atoms with van der Waals surface area (Å²) in [6.45, 7) is 8.77. The average Bonchev–Trinajstić information content (AvgIpc) is 3.55. The van der Waals surface area contributed by atoms with Crippen LogP contribution >= 0.6 is 0 Å². The lowest BCUT2D eigenvalue weighted by Crippen LogP contribution is -2.75. The molecule has 0 radical (unpaired) electrons. The Kier molecular flexibility index (Phi) is 9.28. The minimum atomic E-state index is -2.10. The van der Waals surface area contributed by atoms with E-state index in [2.05, 4.69) is 0 Å². The van der Waals surface area contributed by atoms with Gasteiger partial charge in [0.25, 0.3) is 0 Å². The van der Waals surface area contributed by atoms with Gasteiger partial charge in [0.05, 0.1) is 29.1 Å². The zero-order valence-electron chi connectivity index (χ0n) is 31.1. The van der Waals surface area contributed by atoms with Gasteiger partial charge in [-0.25, -0.2) is 9.59 Å². The maximum atomic E-state index is 15.6. The van der Waals surface area contributed by atoms with Crippen molar-refractivity contribution < 1.29 is 62.3 Å². The summed E-state index contributed by atoms with van der Waals surface area (Å²) in [4.78, 5) is 82.2. The van der Waals surface area contributed by atoms with Crippen LogP contribution in [0.15, 0.2) is 60.7 Å². The molecule has 54 heavy (non-hydrogen) atoms. The predicted molar refractivity (Wildman–Crippen MR) is 186 cm³/mol. The number of fused-ring (bicyclic) bond motifs is 2. The second-order valence-corrected chi connectivity index (χ2v) is 16.0. The lowest BCUT2D eigenvalue weighted by atomic mass is 9.42. The lowest BCUT2D eigenvalue weighted by molar-refractivity contribution is -0.255. The van der Waals surface area contributed by atoms with Crippen LogP contribution in [0.25, 0.3) is 0 Å². The van der Waals surface area contributed by atoms with E-state index in [-0.39, 0.29) is 30.4 Å². The highest BCUT2D eigenvalue weighted by Crippen LogP contribution is 2.72. The molecule has 13 atom stereocenters. The van der Waals surface area contributed by atoms with Crippen LogP contribution in [0.1, 0.15) is 81.5 Å². The predicted octanol–water partition coefficient (Wildman–Crippen LogP) is 4.02. The zero-order chi connectivity index (χ0) is 39.0. The summed E-state index contributed by atoms with van der Waals surface area (Å²) in [7, 11) is 0. The van der Waals surface area contributed by atoms with Gasteiger partial charge in [-0.15, -0.1) is 0 Å². The molecule has 0 spiro atoms. The first-order chi connectivity index (χ1) is 25.5. The van der Waals surface area contributed by atoms with E-state index in [0.29, 0.717) is 0 Å². The van der Waals surface area contributed by atoms with Crippen molar-refractivity contribution in [2.24, 2.45) is 35.0 Å². The van der Waals surface area contributed by atoms with Crippen LogP contribution in [0.3, 0.4) is 0 Å². The van der Waals surface area contributed by atoms with Crippen LogP contribution in [-0.2, 0) is 47.6 Å². The van der Waals surface area contributed by atoms with Crippen LogP contribution < -0.4 is 0 Å². The number of hydrogen-bond donors (Lipinski definition) is 1. The molecule has 7 rings (SSSR count). The molecular formula is C41H46O13. The fraction of sp³-hybridized carbons (Fsp3) is 0.561. The molecule has 1 aliphatic heterocycles. The number of ketones is 1. The Balaban J connectivity index is 1.47. The highest BCUT2D eigenvalue weighted by molar-refractivity contribution is 5.97. The van der Waals surface area contributed by atoms with E-state index in [9.17, 15) is 29.1 Å². The molecule has 5 aliphatic rings. The van der Waals surface area contributed by atoms with Crippen molar-refractivity contribution in [1.29, 1.82) is 0 Å². The number of aliphatic hydroxyl groups is 1. The van der Waals surface area contributed by atoms with Crippen molar-refractivity contribution in [3.63, 3.8) is 0 Å². The first kappa shape index (κ1) is 37.7. The Morgan fingerprint density at radius 1 is 0.815 bits per heavy atom. The summed E-state index contributed by atoms with van der Waals surface area (Å²) < 4.78 is 37.4. The van der Waals surface area contributed by atoms with Crippen molar-refractivity contribution >= 4 is 35.6 Å². The first-order valence-corrected chi connectivity index (χ1v) is 18.5. The molecule has 2 aromatic rings. The Morgan fingerprint density at radius 3 is 1.96 bits per heavy atom. The molecule has 5 fully saturated rings. The van der Waals surface area contributed by atoms with Gasteiger partial charge in [0.15, 0.2) is 18.0 Å². The Morgan fingerprint density at radius 2 is 1.41 bits per heavy atom. The number of hydrogen-bond acceptors (Lipinski definition) is 13. The number of rotatable bonds is 8. The summed E-state index contributed by atoms with van der Waals surface area (Å²) in [5.41, 5.74) is -6.53. The van der Waals surface area contributed by atoms with Gasteiger partial charge in [0, 0.05) is 38.0 Å². The van der Waals surface area contributed by atoms with E-state index in [4.69, 9.17) is 28.4 Å². The largest absolute Gasteiger partial charge is 0.462 e. The molecular weight excluding hydrogens is 700 g/mol. The molecule has 288 valence electrons. The number of ether oxygens (including phenoxy) is 6. The smallest absolute Gasteiger partial charge is 0.338 e. The highest BCUT2D eigenvalue weighted by atomic mass is 16.6. The number of benzene rings is 2. The molecule has 2 aromatic carbocycles. The van der Waals surface area contributed by atoms with Gasteiger partial charge in [-0.1, -0.05) is 50.2 Å². The normalized spacial score (nSPS) is 40.1. The van der Waals surface area contributed by atoms with Crippen LogP contribution in [-0.4, -0.2) is 88.6 Å². The minimum Gasteiger partial charge on any atom is -0.462 e. The Labute approximate surface area is 312 Å². The fourth-order valence-electron chi connectivity index (χ4n) is 10.9. The van der Waals surface area contributed by atoms with E-state index in [1.165, 1.54) is 6.92 Å². The molecule has 2 bridgehead atoms. The monoisotopic (exact) mass is 746 g/mol. The summed E-state index contributed by atoms with van der Waals surface area (Å²) in [6.07, 6.45) is -5.57. The molecule has 1 saturated heterocycles. The topological polar surface area (TPSA) is 178 Å². The number of carbonyl (C=O) groups is 6. The van der Waals surface area contributed by atoms with Crippen molar-refractivity contribution in [3.8, 4) is 0 Å². The van der Waals surface area contributed by atoms with Gasteiger partial charge in [0.1, 0.15) is 29.0 Å². The Bertz CT molecular complexity index is 1860. The number of carbonyl (C=O) groups excluding carboxylic acids is 6. The molecule has 4 saturated carbocycles. The van der Waals surface area contributed by atoms with Gasteiger partial charge < -0.3 is 33.5 Å². The SMILES string of the molecule is CCC(=O)OC1C(C)CC2(O)C1C(OC(C)=O)C13COC(C)(C2OC(=O)c2ccccc2)C1C1C(CC1(C)OC(C)=O)C(OC(=O)c1ccccc1)C3=O. The third kappa shape index (κ3) is 5.56. The summed E-state index contributed by atoms with van der Waals surface area (Å²) >= 11 is 0. The molecule has 0 amide bonds. The lowest BCUT2D eigenvalue weighted by Gasteiger charge is -2.64. The van der Waals surface area contributed by atoms with Crippen LogP contribution in [0.5, 0.6) is 0 Å². The zero-order valence-corrected chi connectivity index (χ0v) is 31.1. The van der Waals surface area contributed by atoms with E-state index < -0.39 is 118 Å². The molecule has 1 N–H and O–H groups in total. The van der Waals surface area contributed by atoms with E-state index in [1.807, 2.05) is 0 Å². The van der Waals surface area contributed by atoms with E-state index in [0.717, 1.165) is 6.92 Å². The quantitative estimate of drug-likeness (QED) is 0.303. The maximum absolute atomic E-state index is 15.6. The molecule has 13 unspecified atom stereocenters. The van der Waals surface area contributed by atoms with Crippen LogP contribution in [0.4, 0.5) is 0 Å². The van der Waals surface area contributed by atoms with E-state index in [1.54, 1.807) is 88.4 Å². The second-order valence-electron chi connectivity index (χ2n) is 16.0. The highest BCUT2D eigenvalue weighted by Gasteiger charge is 2.86.